The fourth-order valence-electron chi connectivity index (χ4n) is 5.60. The molecule has 0 spiro atoms. The fourth-order valence-corrected chi connectivity index (χ4v) is 5.60. The van der Waals surface area contributed by atoms with E-state index in [0.29, 0.717) is 19.6 Å². The maximum Gasteiger partial charge on any atom is 0.321 e. The van der Waals surface area contributed by atoms with E-state index in [1.807, 2.05) is 13.0 Å². The van der Waals surface area contributed by atoms with Crippen molar-refractivity contribution in [2.24, 2.45) is 11.8 Å². The number of fused-ring (bicyclic) bond motifs is 3. The van der Waals surface area contributed by atoms with E-state index in [-0.39, 0.29) is 24.4 Å². The van der Waals surface area contributed by atoms with Gasteiger partial charge in [0.1, 0.15) is 0 Å². The highest BCUT2D eigenvalue weighted by molar-refractivity contribution is 6.00. The van der Waals surface area contributed by atoms with Crippen molar-refractivity contribution >= 4 is 11.9 Å². The number of hydrogen-bond acceptors (Lipinski definition) is 6. The van der Waals surface area contributed by atoms with Gasteiger partial charge in [0, 0.05) is 25.6 Å². The zero-order valence-corrected chi connectivity index (χ0v) is 20.2. The van der Waals surface area contributed by atoms with Crippen molar-refractivity contribution in [3.05, 3.63) is 34.9 Å². The van der Waals surface area contributed by atoms with Crippen molar-refractivity contribution < 1.29 is 28.5 Å². The lowest BCUT2D eigenvalue weighted by Crippen LogP contribution is -2.33. The molecule has 6 heteroatoms. The average molecular weight is 459 g/mol. The molecule has 6 atom stereocenters. The predicted octanol–water partition coefficient (Wildman–Crippen LogP) is 5.37. The second-order valence-electron chi connectivity index (χ2n) is 9.79. The van der Waals surface area contributed by atoms with E-state index in [1.54, 1.807) is 0 Å². The molecule has 0 radical (unpaired) electrons. The Hall–Kier alpha value is -1.76. The predicted molar refractivity (Wildman–Crippen MR) is 124 cm³/mol. The first-order valence-electron chi connectivity index (χ1n) is 12.8. The molecule has 0 bridgehead atoms. The molecule has 0 aromatic heterocycles. The minimum atomic E-state index is -0.490. The van der Waals surface area contributed by atoms with E-state index >= 15 is 0 Å². The van der Waals surface area contributed by atoms with Crippen molar-refractivity contribution in [3.63, 3.8) is 0 Å². The highest BCUT2D eigenvalue weighted by Gasteiger charge is 2.53. The number of ether oxygens (including phenoxy) is 4. The molecule has 2 aliphatic heterocycles. The Balaban J connectivity index is 1.56. The number of esters is 2. The topological polar surface area (TPSA) is 71.1 Å². The fraction of sp³-hybridized carbons (Fsp3) is 0.704. The minimum Gasteiger partial charge on any atom is -0.392 e. The van der Waals surface area contributed by atoms with E-state index in [1.165, 1.54) is 0 Å². The number of aryl methyl sites for hydroxylation is 1. The number of carbonyl (C=O) groups excluding carboxylic acids is 2. The molecule has 33 heavy (non-hydrogen) atoms. The summed E-state index contributed by atoms with van der Waals surface area (Å²) in [5.74, 6) is -1.61. The van der Waals surface area contributed by atoms with Crippen molar-refractivity contribution in [2.45, 2.75) is 96.6 Å². The molecule has 0 saturated carbocycles. The first-order chi connectivity index (χ1) is 16.0. The molecule has 2 fully saturated rings. The Morgan fingerprint density at radius 2 is 1.61 bits per heavy atom. The number of rotatable bonds is 11. The summed E-state index contributed by atoms with van der Waals surface area (Å²) in [7, 11) is 0. The van der Waals surface area contributed by atoms with Crippen LogP contribution in [0.3, 0.4) is 0 Å². The van der Waals surface area contributed by atoms with Crippen molar-refractivity contribution in [1.82, 2.24) is 0 Å². The Morgan fingerprint density at radius 3 is 2.33 bits per heavy atom. The van der Waals surface area contributed by atoms with Gasteiger partial charge in [-0.3, -0.25) is 9.59 Å². The van der Waals surface area contributed by atoms with Gasteiger partial charge in [-0.05, 0) is 43.2 Å². The average Bonchev–Trinajstić information content (AvgIpc) is 3.33. The summed E-state index contributed by atoms with van der Waals surface area (Å²) < 4.78 is 23.6. The summed E-state index contributed by atoms with van der Waals surface area (Å²) in [5.41, 5.74) is 3.13. The van der Waals surface area contributed by atoms with Crippen LogP contribution in [0, 0.1) is 18.8 Å². The Labute approximate surface area is 197 Å². The van der Waals surface area contributed by atoms with Crippen LogP contribution in [-0.4, -0.2) is 37.7 Å². The molecular formula is C27H38O6. The van der Waals surface area contributed by atoms with Crippen LogP contribution in [0.15, 0.2) is 18.2 Å². The number of benzene rings is 1. The zero-order chi connectivity index (χ0) is 23.4. The van der Waals surface area contributed by atoms with Crippen LogP contribution in [0.5, 0.6) is 0 Å². The maximum atomic E-state index is 12.5. The monoisotopic (exact) mass is 458 g/mol. The number of unbranched alkanes of at least 4 members (excludes halogenated alkanes) is 4. The molecule has 3 aliphatic rings. The standard InChI is InChI=1S/C27H38O6/c1-4-6-8-12-30-23-16-21(27(32-23)31-13-9-7-5-2)19-15-22-24(26(29)33-25(22)28)20-14-17(3)10-11-18(19)20/h10-11,14,19,21-24,27H,4-9,12-13,15-16H2,1-3H3. The van der Waals surface area contributed by atoms with Crippen LogP contribution in [-0.2, 0) is 28.5 Å². The molecule has 182 valence electrons. The molecule has 1 aromatic rings. The van der Waals surface area contributed by atoms with Gasteiger partial charge >= 0.3 is 11.9 Å². The van der Waals surface area contributed by atoms with Crippen LogP contribution in [0.25, 0.3) is 0 Å². The lowest BCUT2D eigenvalue weighted by molar-refractivity contribution is -0.213. The summed E-state index contributed by atoms with van der Waals surface area (Å²) in [5, 5.41) is 0. The van der Waals surface area contributed by atoms with Crippen LogP contribution in [0.1, 0.15) is 93.7 Å². The third-order valence-corrected chi connectivity index (χ3v) is 7.34. The van der Waals surface area contributed by atoms with E-state index < -0.39 is 23.8 Å². The van der Waals surface area contributed by atoms with E-state index in [9.17, 15) is 9.59 Å². The lowest BCUT2D eigenvalue weighted by Gasteiger charge is -2.36. The molecule has 0 N–H and O–H groups in total. The molecule has 6 nitrogen and oxygen atoms in total. The molecule has 4 rings (SSSR count). The van der Waals surface area contributed by atoms with Gasteiger partial charge in [0.25, 0.3) is 0 Å². The van der Waals surface area contributed by atoms with Gasteiger partial charge in [-0.15, -0.1) is 0 Å². The van der Waals surface area contributed by atoms with Crippen LogP contribution in [0.2, 0.25) is 0 Å². The number of cyclic esters (lactones) is 2. The first-order valence-corrected chi connectivity index (χ1v) is 12.8. The highest BCUT2D eigenvalue weighted by atomic mass is 16.8. The second kappa shape index (κ2) is 11.1. The van der Waals surface area contributed by atoms with Gasteiger partial charge in [0.15, 0.2) is 12.6 Å². The van der Waals surface area contributed by atoms with Gasteiger partial charge in [0.2, 0.25) is 0 Å². The Bertz CT molecular complexity index is 836. The summed E-state index contributed by atoms with van der Waals surface area (Å²) in [4.78, 5) is 25.0. The number of hydrogen-bond donors (Lipinski definition) is 0. The molecule has 0 amide bonds. The molecule has 2 heterocycles. The number of carbonyl (C=O) groups is 2. The largest absolute Gasteiger partial charge is 0.392 e. The molecule has 6 unspecified atom stereocenters. The van der Waals surface area contributed by atoms with E-state index in [2.05, 4.69) is 26.0 Å². The van der Waals surface area contributed by atoms with Crippen LogP contribution < -0.4 is 0 Å². The highest BCUT2D eigenvalue weighted by Crippen LogP contribution is 2.52. The second-order valence-corrected chi connectivity index (χ2v) is 9.79. The summed E-state index contributed by atoms with van der Waals surface area (Å²) in [6.07, 6.45) is 7.20. The van der Waals surface area contributed by atoms with Crippen LogP contribution >= 0.6 is 0 Å². The molecule has 2 saturated heterocycles. The quantitative estimate of drug-likeness (QED) is 0.252. The first kappa shape index (κ1) is 24.4. The van der Waals surface area contributed by atoms with Crippen molar-refractivity contribution in [3.8, 4) is 0 Å². The smallest absolute Gasteiger partial charge is 0.321 e. The Morgan fingerprint density at radius 1 is 0.879 bits per heavy atom. The van der Waals surface area contributed by atoms with Gasteiger partial charge in [0.05, 0.1) is 11.8 Å². The molecule has 1 aliphatic carbocycles. The summed E-state index contributed by atoms with van der Waals surface area (Å²) in [6.45, 7) is 7.70. The molecule has 1 aromatic carbocycles. The molecular weight excluding hydrogens is 420 g/mol. The third-order valence-electron chi connectivity index (χ3n) is 7.34. The lowest BCUT2D eigenvalue weighted by atomic mass is 9.66. The Kier molecular flexibility index (Phi) is 8.20. The summed E-state index contributed by atoms with van der Waals surface area (Å²) in [6, 6.07) is 6.25. The minimum absolute atomic E-state index is 0.0562. The van der Waals surface area contributed by atoms with E-state index in [4.69, 9.17) is 18.9 Å². The van der Waals surface area contributed by atoms with Crippen molar-refractivity contribution in [2.75, 3.05) is 13.2 Å². The van der Waals surface area contributed by atoms with Gasteiger partial charge in [-0.2, -0.15) is 0 Å². The SMILES string of the molecule is CCCCCOC1CC(C2CC3C(=O)OC(=O)C3c3cc(C)ccc32)C(OCCCCC)O1. The maximum absolute atomic E-state index is 12.5. The zero-order valence-electron chi connectivity index (χ0n) is 20.2. The van der Waals surface area contributed by atoms with Gasteiger partial charge < -0.3 is 18.9 Å². The van der Waals surface area contributed by atoms with Gasteiger partial charge in [-0.1, -0.05) is 63.3 Å². The normalized spacial score (nSPS) is 30.9. The van der Waals surface area contributed by atoms with E-state index in [0.717, 1.165) is 61.6 Å². The summed E-state index contributed by atoms with van der Waals surface area (Å²) >= 11 is 0. The van der Waals surface area contributed by atoms with Crippen LogP contribution in [0.4, 0.5) is 0 Å². The third kappa shape index (κ3) is 5.33. The van der Waals surface area contributed by atoms with Gasteiger partial charge in [-0.25, -0.2) is 0 Å². The van der Waals surface area contributed by atoms with Crippen molar-refractivity contribution in [1.29, 1.82) is 0 Å².